The van der Waals surface area contributed by atoms with Crippen molar-refractivity contribution in [3.05, 3.63) is 23.4 Å². The summed E-state index contributed by atoms with van der Waals surface area (Å²) in [6.45, 7) is 6.00. The second-order valence-electron chi connectivity index (χ2n) is 3.65. The van der Waals surface area contributed by atoms with Crippen LogP contribution in [0.3, 0.4) is 0 Å². The lowest BCUT2D eigenvalue weighted by Crippen LogP contribution is -2.14. The van der Waals surface area contributed by atoms with E-state index < -0.39 is 5.97 Å². The van der Waals surface area contributed by atoms with Crippen LogP contribution in [0.5, 0.6) is 0 Å². The Morgan fingerprint density at radius 2 is 2.13 bits per heavy atom. The van der Waals surface area contributed by atoms with Gasteiger partial charge >= 0.3 is 5.97 Å². The van der Waals surface area contributed by atoms with Gasteiger partial charge < -0.3 is 10.4 Å². The van der Waals surface area contributed by atoms with Gasteiger partial charge in [-0.15, -0.1) is 0 Å². The van der Waals surface area contributed by atoms with Gasteiger partial charge in [-0.25, -0.2) is 4.79 Å². The van der Waals surface area contributed by atoms with Crippen LogP contribution in [-0.2, 0) is 4.79 Å². The fourth-order valence-electron chi connectivity index (χ4n) is 1.32. The fraction of sp³-hybridized carbons (Fsp3) is 0.583. The number of hydrogen-bond donors (Lipinski definition) is 2. The van der Waals surface area contributed by atoms with E-state index in [1.807, 2.05) is 13.8 Å². The molecule has 0 fully saturated rings. The molecular formula is C12H21NO2. The molecule has 1 unspecified atom stereocenters. The second kappa shape index (κ2) is 7.10. The van der Waals surface area contributed by atoms with Gasteiger partial charge in [0.25, 0.3) is 0 Å². The monoisotopic (exact) mass is 211 g/mol. The van der Waals surface area contributed by atoms with Gasteiger partial charge in [0.2, 0.25) is 0 Å². The summed E-state index contributed by atoms with van der Waals surface area (Å²) in [5, 5.41) is 11.8. The molecule has 0 radical (unpaired) electrons. The number of unbranched alkanes of at least 4 members (excludes halogenated alkanes) is 1. The normalized spacial score (nSPS) is 14.9. The highest BCUT2D eigenvalue weighted by Crippen LogP contribution is 2.20. The molecule has 86 valence electrons. The lowest BCUT2D eigenvalue weighted by molar-refractivity contribution is -0.133. The Balaban J connectivity index is 4.71. The molecule has 0 aliphatic heterocycles. The molecule has 3 heteroatoms. The Labute approximate surface area is 91.9 Å². The van der Waals surface area contributed by atoms with Gasteiger partial charge in [0.05, 0.1) is 5.57 Å². The van der Waals surface area contributed by atoms with Crippen molar-refractivity contribution in [2.75, 3.05) is 7.05 Å². The Bertz CT molecular complexity index is 267. The number of hydrogen-bond acceptors (Lipinski definition) is 2. The van der Waals surface area contributed by atoms with Crippen molar-refractivity contribution < 1.29 is 9.90 Å². The molecule has 0 amide bonds. The van der Waals surface area contributed by atoms with E-state index in [0.717, 1.165) is 18.4 Å². The summed E-state index contributed by atoms with van der Waals surface area (Å²) in [6, 6.07) is 0. The van der Waals surface area contributed by atoms with Gasteiger partial charge in [0.15, 0.2) is 0 Å². The van der Waals surface area contributed by atoms with E-state index in [-0.39, 0.29) is 5.92 Å². The number of aliphatic carboxylic acids is 1. The predicted molar refractivity (Wildman–Crippen MR) is 62.6 cm³/mol. The molecule has 0 bridgehead atoms. The van der Waals surface area contributed by atoms with Crippen LogP contribution < -0.4 is 5.32 Å². The minimum absolute atomic E-state index is 0.0403. The summed E-state index contributed by atoms with van der Waals surface area (Å²) in [5.74, 6) is -0.900. The zero-order chi connectivity index (χ0) is 11.8. The Kier molecular flexibility index (Phi) is 6.50. The standard InChI is InChI=1S/C12H21NO2/c1-5-6-7-9(2)10(3)11(8-13-4)12(14)15/h7-8,10,13H,5-6H2,1-4H3,(H,14,15)/b9-7-,11-8+. The van der Waals surface area contributed by atoms with Crippen LogP contribution in [0.2, 0.25) is 0 Å². The summed E-state index contributed by atoms with van der Waals surface area (Å²) in [5.41, 5.74) is 1.52. The predicted octanol–water partition coefficient (Wildman–Crippen LogP) is 2.56. The number of carboxylic acid groups (broad SMARTS) is 1. The SMILES string of the molecule is CCC/C=C(/C)C(C)/C(=C\NC)C(=O)O. The highest BCUT2D eigenvalue weighted by Gasteiger charge is 2.16. The average molecular weight is 211 g/mol. The summed E-state index contributed by atoms with van der Waals surface area (Å²) >= 11 is 0. The molecule has 0 aromatic rings. The molecule has 0 rings (SSSR count). The number of nitrogens with one attached hydrogen (secondary N) is 1. The van der Waals surface area contributed by atoms with Crippen LogP contribution in [0.4, 0.5) is 0 Å². The van der Waals surface area contributed by atoms with E-state index in [1.165, 1.54) is 0 Å². The molecule has 3 nitrogen and oxygen atoms in total. The molecule has 0 aromatic heterocycles. The van der Waals surface area contributed by atoms with Crippen LogP contribution >= 0.6 is 0 Å². The van der Waals surface area contributed by atoms with Crippen molar-refractivity contribution >= 4 is 5.97 Å². The molecule has 0 heterocycles. The first-order valence-corrected chi connectivity index (χ1v) is 5.31. The quantitative estimate of drug-likeness (QED) is 0.524. The molecule has 0 saturated heterocycles. The molecular weight excluding hydrogens is 190 g/mol. The topological polar surface area (TPSA) is 49.3 Å². The Hall–Kier alpha value is -1.25. The maximum absolute atomic E-state index is 11.0. The number of carboxylic acids is 1. The summed E-state index contributed by atoms with van der Waals surface area (Å²) in [7, 11) is 1.71. The Morgan fingerprint density at radius 3 is 2.53 bits per heavy atom. The van der Waals surface area contributed by atoms with Crippen molar-refractivity contribution in [1.29, 1.82) is 0 Å². The molecule has 0 aliphatic carbocycles. The molecule has 2 N–H and O–H groups in total. The van der Waals surface area contributed by atoms with Crippen LogP contribution in [0.25, 0.3) is 0 Å². The van der Waals surface area contributed by atoms with Crippen molar-refractivity contribution in [1.82, 2.24) is 5.32 Å². The fourth-order valence-corrected chi connectivity index (χ4v) is 1.32. The molecule has 1 atom stereocenters. The van der Waals surface area contributed by atoms with Crippen LogP contribution in [-0.4, -0.2) is 18.1 Å². The van der Waals surface area contributed by atoms with Crippen molar-refractivity contribution in [3.8, 4) is 0 Å². The second-order valence-corrected chi connectivity index (χ2v) is 3.65. The van der Waals surface area contributed by atoms with E-state index in [0.29, 0.717) is 5.57 Å². The number of rotatable bonds is 6. The first-order chi connectivity index (χ1) is 7.04. The Morgan fingerprint density at radius 1 is 1.53 bits per heavy atom. The highest BCUT2D eigenvalue weighted by molar-refractivity contribution is 5.87. The number of carbonyl (C=O) groups is 1. The minimum Gasteiger partial charge on any atom is -0.478 e. The lowest BCUT2D eigenvalue weighted by Gasteiger charge is -2.13. The van der Waals surface area contributed by atoms with E-state index in [4.69, 9.17) is 5.11 Å². The van der Waals surface area contributed by atoms with Gasteiger partial charge in [-0.1, -0.05) is 31.9 Å². The van der Waals surface area contributed by atoms with Crippen molar-refractivity contribution in [3.63, 3.8) is 0 Å². The maximum Gasteiger partial charge on any atom is 0.333 e. The first kappa shape index (κ1) is 13.8. The lowest BCUT2D eigenvalue weighted by atomic mass is 9.93. The van der Waals surface area contributed by atoms with E-state index in [9.17, 15) is 4.79 Å². The third-order valence-electron chi connectivity index (χ3n) is 2.45. The van der Waals surface area contributed by atoms with Gasteiger partial charge in [-0.2, -0.15) is 0 Å². The zero-order valence-corrected chi connectivity index (χ0v) is 10.0. The molecule has 0 saturated carbocycles. The zero-order valence-electron chi connectivity index (χ0n) is 10.0. The average Bonchev–Trinajstić information content (AvgIpc) is 2.21. The van der Waals surface area contributed by atoms with Gasteiger partial charge in [0, 0.05) is 19.2 Å². The van der Waals surface area contributed by atoms with Gasteiger partial charge in [-0.05, 0) is 13.3 Å². The largest absolute Gasteiger partial charge is 0.478 e. The van der Waals surface area contributed by atoms with Crippen LogP contribution in [0.15, 0.2) is 23.4 Å². The van der Waals surface area contributed by atoms with E-state index in [1.54, 1.807) is 13.2 Å². The number of allylic oxidation sites excluding steroid dienone is 2. The summed E-state index contributed by atoms with van der Waals surface area (Å²) in [6.07, 6.45) is 5.75. The summed E-state index contributed by atoms with van der Waals surface area (Å²) < 4.78 is 0. The maximum atomic E-state index is 11.0. The molecule has 0 spiro atoms. The molecule has 15 heavy (non-hydrogen) atoms. The van der Waals surface area contributed by atoms with Crippen molar-refractivity contribution in [2.45, 2.75) is 33.6 Å². The van der Waals surface area contributed by atoms with Crippen LogP contribution in [0.1, 0.15) is 33.6 Å². The van der Waals surface area contributed by atoms with E-state index in [2.05, 4.69) is 18.3 Å². The first-order valence-electron chi connectivity index (χ1n) is 5.31. The smallest absolute Gasteiger partial charge is 0.333 e. The highest BCUT2D eigenvalue weighted by atomic mass is 16.4. The third kappa shape index (κ3) is 4.68. The van der Waals surface area contributed by atoms with Crippen LogP contribution in [0, 0.1) is 5.92 Å². The molecule has 0 aromatic carbocycles. The van der Waals surface area contributed by atoms with Gasteiger partial charge in [-0.3, -0.25) is 0 Å². The minimum atomic E-state index is -0.860. The van der Waals surface area contributed by atoms with E-state index >= 15 is 0 Å². The van der Waals surface area contributed by atoms with Crippen molar-refractivity contribution in [2.24, 2.45) is 5.92 Å². The third-order valence-corrected chi connectivity index (χ3v) is 2.45. The molecule has 0 aliphatic rings. The summed E-state index contributed by atoms with van der Waals surface area (Å²) in [4.78, 5) is 11.0. The van der Waals surface area contributed by atoms with Gasteiger partial charge in [0.1, 0.15) is 0 Å².